The summed E-state index contributed by atoms with van der Waals surface area (Å²) >= 11 is 1.28. The smallest absolute Gasteiger partial charge is 0.409 e. The number of nitrogens with two attached hydrogens (primary N) is 2. The van der Waals surface area contributed by atoms with Crippen molar-refractivity contribution in [2.75, 3.05) is 5.73 Å². The Labute approximate surface area is 129 Å². The van der Waals surface area contributed by atoms with Gasteiger partial charge in [0, 0.05) is 12.1 Å². The quantitative estimate of drug-likeness (QED) is 0.768. The Balaban J connectivity index is 1.91. The van der Waals surface area contributed by atoms with Crippen molar-refractivity contribution in [1.82, 2.24) is 9.97 Å². The Kier molecular flexibility index (Phi) is 3.51. The molecule has 0 saturated carbocycles. The van der Waals surface area contributed by atoms with Gasteiger partial charge >= 0.3 is 6.09 Å². The third-order valence-corrected chi connectivity index (χ3v) is 3.63. The highest BCUT2D eigenvalue weighted by Crippen LogP contribution is 2.30. The van der Waals surface area contributed by atoms with Gasteiger partial charge in [-0.05, 0) is 24.6 Å². The lowest BCUT2D eigenvalue weighted by molar-refractivity contribution is 0.210. The Hall–Kier alpha value is -2.87. The van der Waals surface area contributed by atoms with E-state index in [0.29, 0.717) is 27.3 Å². The first kappa shape index (κ1) is 14.1. The topological polar surface area (TPSA) is 113 Å². The second kappa shape index (κ2) is 5.49. The number of thiazole rings is 1. The van der Waals surface area contributed by atoms with Crippen LogP contribution in [0.15, 0.2) is 30.3 Å². The van der Waals surface area contributed by atoms with Gasteiger partial charge in [0.1, 0.15) is 21.8 Å². The standard InChI is InChI=1S/C14H12N4O3S/c1-7-2-3-8(20-14(16)19)6-10(7)21-11-5-4-9-12(18-11)22-13(15)17-9/h2-6H,1H3,(H2,15,17)(H2,16,19). The molecule has 0 aliphatic heterocycles. The van der Waals surface area contributed by atoms with Crippen LogP contribution in [-0.2, 0) is 0 Å². The number of nitrogen functional groups attached to an aromatic ring is 1. The Morgan fingerprint density at radius 3 is 2.82 bits per heavy atom. The molecule has 112 valence electrons. The van der Waals surface area contributed by atoms with Crippen molar-refractivity contribution in [3.63, 3.8) is 0 Å². The monoisotopic (exact) mass is 316 g/mol. The molecule has 7 nitrogen and oxygen atoms in total. The molecular formula is C14H12N4O3S. The SMILES string of the molecule is Cc1ccc(OC(N)=O)cc1Oc1ccc2nc(N)sc2n1. The molecule has 22 heavy (non-hydrogen) atoms. The van der Waals surface area contributed by atoms with Crippen LogP contribution in [0.1, 0.15) is 5.56 Å². The van der Waals surface area contributed by atoms with Crippen molar-refractivity contribution in [3.8, 4) is 17.4 Å². The number of amides is 1. The van der Waals surface area contributed by atoms with Gasteiger partial charge in [-0.3, -0.25) is 0 Å². The van der Waals surface area contributed by atoms with E-state index in [0.717, 1.165) is 11.1 Å². The van der Waals surface area contributed by atoms with Gasteiger partial charge in [-0.1, -0.05) is 17.4 Å². The van der Waals surface area contributed by atoms with Crippen LogP contribution in [0.4, 0.5) is 9.93 Å². The third-order valence-electron chi connectivity index (χ3n) is 2.84. The van der Waals surface area contributed by atoms with Gasteiger partial charge in [0.2, 0.25) is 5.88 Å². The van der Waals surface area contributed by atoms with E-state index >= 15 is 0 Å². The predicted octanol–water partition coefficient (Wildman–Crippen LogP) is 2.83. The molecule has 1 amide bonds. The number of aromatic nitrogens is 2. The summed E-state index contributed by atoms with van der Waals surface area (Å²) in [6.45, 7) is 1.87. The van der Waals surface area contributed by atoms with E-state index in [1.54, 1.807) is 30.3 Å². The number of fused-ring (bicyclic) bond motifs is 1. The second-order valence-electron chi connectivity index (χ2n) is 4.48. The molecule has 0 unspecified atom stereocenters. The summed E-state index contributed by atoms with van der Waals surface area (Å²) < 4.78 is 10.6. The molecule has 0 spiro atoms. The molecule has 1 aromatic carbocycles. The number of anilines is 1. The van der Waals surface area contributed by atoms with Gasteiger partial charge in [-0.25, -0.2) is 14.8 Å². The number of ether oxygens (including phenoxy) is 2. The fourth-order valence-corrected chi connectivity index (χ4v) is 2.55. The fourth-order valence-electron chi connectivity index (χ4n) is 1.86. The zero-order valence-electron chi connectivity index (χ0n) is 11.6. The number of carbonyl (C=O) groups excluding carboxylic acids is 1. The summed E-state index contributed by atoms with van der Waals surface area (Å²) in [6, 6.07) is 8.45. The van der Waals surface area contributed by atoms with Crippen LogP contribution in [0.25, 0.3) is 10.3 Å². The number of pyridine rings is 1. The maximum atomic E-state index is 10.8. The molecule has 0 saturated heterocycles. The molecular weight excluding hydrogens is 304 g/mol. The summed E-state index contributed by atoms with van der Waals surface area (Å²) in [5, 5.41) is 0.452. The number of carbonyl (C=O) groups is 1. The number of hydrogen-bond acceptors (Lipinski definition) is 7. The van der Waals surface area contributed by atoms with E-state index < -0.39 is 6.09 Å². The Bertz CT molecular complexity index is 862. The van der Waals surface area contributed by atoms with Gasteiger partial charge in [-0.15, -0.1) is 0 Å². The fraction of sp³-hybridized carbons (Fsp3) is 0.0714. The molecule has 0 aliphatic rings. The van der Waals surface area contributed by atoms with Crippen molar-refractivity contribution < 1.29 is 14.3 Å². The Morgan fingerprint density at radius 1 is 1.23 bits per heavy atom. The zero-order chi connectivity index (χ0) is 15.7. The summed E-state index contributed by atoms with van der Waals surface area (Å²) in [7, 11) is 0. The first-order chi connectivity index (χ1) is 10.5. The van der Waals surface area contributed by atoms with Gasteiger partial charge in [-0.2, -0.15) is 0 Å². The van der Waals surface area contributed by atoms with Gasteiger partial charge in [0.25, 0.3) is 0 Å². The average molecular weight is 316 g/mol. The molecule has 2 heterocycles. The number of rotatable bonds is 3. The second-order valence-corrected chi connectivity index (χ2v) is 5.49. The van der Waals surface area contributed by atoms with E-state index in [1.165, 1.54) is 11.3 Å². The van der Waals surface area contributed by atoms with Crippen LogP contribution < -0.4 is 20.9 Å². The maximum Gasteiger partial charge on any atom is 0.409 e. The summed E-state index contributed by atoms with van der Waals surface area (Å²) in [4.78, 5) is 20.0. The lowest BCUT2D eigenvalue weighted by Gasteiger charge is -2.09. The molecule has 0 radical (unpaired) electrons. The lowest BCUT2D eigenvalue weighted by atomic mass is 10.2. The molecule has 0 bridgehead atoms. The molecule has 3 aromatic rings. The highest BCUT2D eigenvalue weighted by Gasteiger charge is 2.09. The molecule has 0 fully saturated rings. The summed E-state index contributed by atoms with van der Waals surface area (Å²) in [6.07, 6.45) is -0.880. The minimum atomic E-state index is -0.880. The Morgan fingerprint density at radius 2 is 2.05 bits per heavy atom. The molecule has 0 aliphatic carbocycles. The van der Waals surface area contributed by atoms with Crippen LogP contribution in [-0.4, -0.2) is 16.1 Å². The first-order valence-electron chi connectivity index (χ1n) is 6.30. The van der Waals surface area contributed by atoms with E-state index in [9.17, 15) is 4.79 Å². The minimum Gasteiger partial charge on any atom is -0.439 e. The average Bonchev–Trinajstić information content (AvgIpc) is 2.81. The first-order valence-corrected chi connectivity index (χ1v) is 7.12. The molecule has 2 aromatic heterocycles. The predicted molar refractivity (Wildman–Crippen MR) is 83.3 cm³/mol. The number of aryl methyl sites for hydroxylation is 1. The number of primary amides is 1. The van der Waals surface area contributed by atoms with Crippen molar-refractivity contribution in [1.29, 1.82) is 0 Å². The van der Waals surface area contributed by atoms with E-state index in [2.05, 4.69) is 9.97 Å². The molecule has 8 heteroatoms. The summed E-state index contributed by atoms with van der Waals surface area (Å²) in [5.74, 6) is 1.22. The normalized spacial score (nSPS) is 10.6. The molecule has 3 rings (SSSR count). The molecule has 0 atom stereocenters. The van der Waals surface area contributed by atoms with Crippen molar-refractivity contribution in [2.45, 2.75) is 6.92 Å². The van der Waals surface area contributed by atoms with Crippen molar-refractivity contribution >= 4 is 32.9 Å². The van der Waals surface area contributed by atoms with Crippen LogP contribution >= 0.6 is 11.3 Å². The van der Waals surface area contributed by atoms with Gasteiger partial charge < -0.3 is 20.9 Å². The van der Waals surface area contributed by atoms with Crippen LogP contribution in [0.5, 0.6) is 17.4 Å². The van der Waals surface area contributed by atoms with Crippen LogP contribution in [0.3, 0.4) is 0 Å². The lowest BCUT2D eigenvalue weighted by Crippen LogP contribution is -2.16. The number of nitrogens with zero attached hydrogens (tertiary/aromatic N) is 2. The zero-order valence-corrected chi connectivity index (χ0v) is 12.4. The van der Waals surface area contributed by atoms with E-state index in [1.807, 2.05) is 6.92 Å². The maximum absolute atomic E-state index is 10.8. The minimum absolute atomic E-state index is 0.302. The van der Waals surface area contributed by atoms with Crippen LogP contribution in [0.2, 0.25) is 0 Å². The highest BCUT2D eigenvalue weighted by molar-refractivity contribution is 7.21. The van der Waals surface area contributed by atoms with Crippen molar-refractivity contribution in [2.24, 2.45) is 5.73 Å². The van der Waals surface area contributed by atoms with Gasteiger partial charge in [0.05, 0.1) is 0 Å². The van der Waals surface area contributed by atoms with Crippen molar-refractivity contribution in [3.05, 3.63) is 35.9 Å². The highest BCUT2D eigenvalue weighted by atomic mass is 32.1. The van der Waals surface area contributed by atoms with E-state index in [4.69, 9.17) is 20.9 Å². The number of hydrogen-bond donors (Lipinski definition) is 2. The van der Waals surface area contributed by atoms with Crippen LogP contribution in [0, 0.1) is 6.92 Å². The van der Waals surface area contributed by atoms with Gasteiger partial charge in [0.15, 0.2) is 5.13 Å². The summed E-state index contributed by atoms with van der Waals surface area (Å²) in [5.41, 5.74) is 12.2. The third kappa shape index (κ3) is 2.91. The largest absolute Gasteiger partial charge is 0.439 e. The molecule has 4 N–H and O–H groups in total. The number of benzene rings is 1. The van der Waals surface area contributed by atoms with E-state index in [-0.39, 0.29) is 0 Å².